The summed E-state index contributed by atoms with van der Waals surface area (Å²) in [5.74, 6) is 0. The number of para-hydroxylation sites is 1. The second-order valence-corrected chi connectivity index (χ2v) is 16.4. The van der Waals surface area contributed by atoms with Crippen molar-refractivity contribution >= 4 is 60.5 Å². The van der Waals surface area contributed by atoms with Gasteiger partial charge in [0.2, 0.25) is 0 Å². The van der Waals surface area contributed by atoms with Gasteiger partial charge in [-0.1, -0.05) is 194 Å². The fourth-order valence-electron chi connectivity index (χ4n) is 9.66. The van der Waals surface area contributed by atoms with Crippen LogP contribution >= 0.6 is 0 Å². The Morgan fingerprint density at radius 1 is 0.266 bits per heavy atom. The van der Waals surface area contributed by atoms with Crippen LogP contribution in [0, 0.1) is 0 Å². The Bertz CT molecular complexity index is 3640. The maximum Gasteiger partial charge on any atom is 0.135 e. The summed E-state index contributed by atoms with van der Waals surface area (Å²) in [6.07, 6.45) is 0. The highest BCUT2D eigenvalue weighted by molar-refractivity contribution is 6.14. The van der Waals surface area contributed by atoms with Gasteiger partial charge in [0, 0.05) is 27.7 Å². The van der Waals surface area contributed by atoms with Crippen LogP contribution in [0.25, 0.3) is 99.1 Å². The first kappa shape index (κ1) is 37.3. The van der Waals surface area contributed by atoms with E-state index < -0.39 is 0 Å². The average molecular weight is 816 g/mol. The van der Waals surface area contributed by atoms with E-state index >= 15 is 0 Å². The number of rotatable bonds is 8. The van der Waals surface area contributed by atoms with Gasteiger partial charge in [0.05, 0.1) is 5.69 Å². The third-order valence-electron chi connectivity index (χ3n) is 12.7. The molecule has 0 spiro atoms. The second-order valence-electron chi connectivity index (χ2n) is 16.4. The summed E-state index contributed by atoms with van der Waals surface area (Å²) in [5.41, 5.74) is 16.7. The molecule has 0 bridgehead atoms. The lowest BCUT2D eigenvalue weighted by Gasteiger charge is -2.30. The first-order chi connectivity index (χ1) is 31.7. The molecule has 12 rings (SSSR count). The monoisotopic (exact) mass is 815 g/mol. The van der Waals surface area contributed by atoms with Crippen molar-refractivity contribution in [3.05, 3.63) is 249 Å². The van der Waals surface area contributed by atoms with E-state index in [9.17, 15) is 0 Å². The van der Waals surface area contributed by atoms with Crippen LogP contribution in [0.15, 0.2) is 253 Å². The third kappa shape index (κ3) is 6.52. The molecule has 0 N–H and O–H groups in total. The van der Waals surface area contributed by atoms with Gasteiger partial charge in [-0.15, -0.1) is 0 Å². The largest absolute Gasteiger partial charge is 0.456 e. The van der Waals surface area contributed by atoms with Crippen molar-refractivity contribution in [2.24, 2.45) is 0 Å². The second kappa shape index (κ2) is 15.8. The van der Waals surface area contributed by atoms with E-state index in [1.54, 1.807) is 0 Å². The molecule has 0 fully saturated rings. The molecule has 2 nitrogen and oxygen atoms in total. The van der Waals surface area contributed by atoms with Crippen LogP contribution in [0.2, 0.25) is 0 Å². The molecule has 0 aliphatic rings. The van der Waals surface area contributed by atoms with Crippen LogP contribution in [0.1, 0.15) is 0 Å². The van der Waals surface area contributed by atoms with Crippen molar-refractivity contribution in [3.63, 3.8) is 0 Å². The van der Waals surface area contributed by atoms with Gasteiger partial charge in [0.1, 0.15) is 11.2 Å². The molecule has 11 aromatic carbocycles. The van der Waals surface area contributed by atoms with E-state index in [0.29, 0.717) is 0 Å². The average Bonchev–Trinajstić information content (AvgIpc) is 3.75. The van der Waals surface area contributed by atoms with E-state index in [2.05, 4.69) is 241 Å². The molecule has 0 saturated carbocycles. The Morgan fingerprint density at radius 3 is 1.52 bits per heavy atom. The van der Waals surface area contributed by atoms with Gasteiger partial charge in [-0.25, -0.2) is 0 Å². The van der Waals surface area contributed by atoms with Crippen LogP contribution in [0.4, 0.5) is 17.1 Å². The lowest BCUT2D eigenvalue weighted by Crippen LogP contribution is -2.12. The summed E-state index contributed by atoms with van der Waals surface area (Å²) in [6.45, 7) is 0. The predicted octanol–water partition coefficient (Wildman–Crippen LogP) is 17.7. The SMILES string of the molecule is c1ccc(-c2ccccc2-c2c(-c3ccccc3)cccc2N(c2ccc(-c3ccc4oc5ccccc5c4c3)cc2)c2ccc(-c3cc4ccccc4c4ccccc34)cc2)cc1. The fourth-order valence-corrected chi connectivity index (χ4v) is 9.66. The Morgan fingerprint density at radius 2 is 0.781 bits per heavy atom. The van der Waals surface area contributed by atoms with Crippen molar-refractivity contribution in [1.29, 1.82) is 0 Å². The molecule has 1 aromatic heterocycles. The van der Waals surface area contributed by atoms with E-state index in [1.807, 2.05) is 12.1 Å². The van der Waals surface area contributed by atoms with Gasteiger partial charge in [-0.2, -0.15) is 0 Å². The summed E-state index contributed by atoms with van der Waals surface area (Å²) in [7, 11) is 0. The van der Waals surface area contributed by atoms with Gasteiger partial charge in [0.15, 0.2) is 0 Å². The normalized spacial score (nSPS) is 11.4. The molecule has 0 aliphatic heterocycles. The molecule has 0 aliphatic carbocycles. The van der Waals surface area contributed by atoms with Crippen LogP contribution in [-0.4, -0.2) is 0 Å². The standard InChI is InChI=1S/C62H41NO/c1-3-16-43(17-4-1)50-21-9-12-26-56(50)62-52(44-18-5-2-6-19-44)27-15-28-59(62)63(48-35-30-42(31-36-48)46-34-39-61-58(40-46)55-25-13-14-29-60(55)64-61)49-37-32-45(33-38-49)57-41-47-20-7-8-22-51(47)53-23-10-11-24-54(53)57/h1-41H. The molecule has 64 heavy (non-hydrogen) atoms. The summed E-state index contributed by atoms with van der Waals surface area (Å²) < 4.78 is 6.19. The molecule has 2 heteroatoms. The molecule has 300 valence electrons. The third-order valence-corrected chi connectivity index (χ3v) is 12.7. The molecule has 0 unspecified atom stereocenters. The minimum absolute atomic E-state index is 0.898. The molecule has 12 aromatic rings. The van der Waals surface area contributed by atoms with Crippen LogP contribution < -0.4 is 4.90 Å². The van der Waals surface area contributed by atoms with Crippen LogP contribution in [0.5, 0.6) is 0 Å². The highest BCUT2D eigenvalue weighted by Gasteiger charge is 2.23. The maximum absolute atomic E-state index is 6.19. The number of fused-ring (bicyclic) bond motifs is 6. The Balaban J connectivity index is 1.06. The fraction of sp³-hybridized carbons (Fsp3) is 0. The smallest absolute Gasteiger partial charge is 0.135 e. The quantitative estimate of drug-likeness (QED) is 0.142. The molecule has 0 radical (unpaired) electrons. The number of hydrogen-bond donors (Lipinski definition) is 0. The van der Waals surface area contributed by atoms with E-state index in [-0.39, 0.29) is 0 Å². The van der Waals surface area contributed by atoms with E-state index in [4.69, 9.17) is 4.42 Å². The van der Waals surface area contributed by atoms with Crippen LogP contribution in [-0.2, 0) is 0 Å². The van der Waals surface area contributed by atoms with E-state index in [0.717, 1.165) is 50.1 Å². The zero-order chi connectivity index (χ0) is 42.4. The van der Waals surface area contributed by atoms with Crippen molar-refractivity contribution < 1.29 is 4.42 Å². The molecule has 0 amide bonds. The number of nitrogens with zero attached hydrogens (tertiary/aromatic N) is 1. The Hall–Kier alpha value is -8.46. The molecule has 0 saturated heterocycles. The van der Waals surface area contributed by atoms with E-state index in [1.165, 1.54) is 66.1 Å². The topological polar surface area (TPSA) is 16.4 Å². The van der Waals surface area contributed by atoms with Crippen molar-refractivity contribution in [2.75, 3.05) is 4.90 Å². The van der Waals surface area contributed by atoms with Gasteiger partial charge in [-0.05, 0) is 126 Å². The molecular weight excluding hydrogens is 775 g/mol. The highest BCUT2D eigenvalue weighted by atomic mass is 16.3. The highest BCUT2D eigenvalue weighted by Crippen LogP contribution is 2.49. The summed E-state index contributed by atoms with van der Waals surface area (Å²) >= 11 is 0. The van der Waals surface area contributed by atoms with Crippen molar-refractivity contribution in [1.82, 2.24) is 0 Å². The van der Waals surface area contributed by atoms with Gasteiger partial charge in [-0.3, -0.25) is 0 Å². The number of hydrogen-bond acceptors (Lipinski definition) is 2. The number of benzene rings is 11. The van der Waals surface area contributed by atoms with Crippen LogP contribution in [0.3, 0.4) is 0 Å². The molecular formula is C62H41NO. The maximum atomic E-state index is 6.19. The number of furan rings is 1. The Kier molecular flexibility index (Phi) is 9.20. The lowest BCUT2D eigenvalue weighted by molar-refractivity contribution is 0.669. The number of anilines is 3. The first-order valence-corrected chi connectivity index (χ1v) is 21.9. The summed E-state index contributed by atoms with van der Waals surface area (Å²) in [5, 5.41) is 7.27. The Labute approximate surface area is 372 Å². The molecule has 1 heterocycles. The minimum Gasteiger partial charge on any atom is -0.456 e. The van der Waals surface area contributed by atoms with Gasteiger partial charge >= 0.3 is 0 Å². The first-order valence-electron chi connectivity index (χ1n) is 21.9. The van der Waals surface area contributed by atoms with Gasteiger partial charge in [0.25, 0.3) is 0 Å². The lowest BCUT2D eigenvalue weighted by atomic mass is 9.87. The summed E-state index contributed by atoms with van der Waals surface area (Å²) in [6, 6.07) is 89.9. The summed E-state index contributed by atoms with van der Waals surface area (Å²) in [4.78, 5) is 2.43. The van der Waals surface area contributed by atoms with Crippen molar-refractivity contribution in [2.45, 2.75) is 0 Å². The van der Waals surface area contributed by atoms with Crippen molar-refractivity contribution in [3.8, 4) is 55.6 Å². The van der Waals surface area contributed by atoms with Gasteiger partial charge < -0.3 is 9.32 Å². The predicted molar refractivity (Wildman–Crippen MR) is 271 cm³/mol. The zero-order valence-electron chi connectivity index (χ0n) is 35.0. The minimum atomic E-state index is 0.898. The zero-order valence-corrected chi connectivity index (χ0v) is 35.0. The molecule has 0 atom stereocenters.